The topological polar surface area (TPSA) is 79.4 Å². The highest BCUT2D eigenvalue weighted by molar-refractivity contribution is 6.04. The Morgan fingerprint density at radius 1 is 0.921 bits per heavy atom. The van der Waals surface area contributed by atoms with Gasteiger partial charge < -0.3 is 15.4 Å². The molecule has 2 N–H and O–H groups in total. The Morgan fingerprint density at radius 2 is 1.61 bits per heavy atom. The van der Waals surface area contributed by atoms with Crippen molar-refractivity contribution in [3.8, 4) is 5.75 Å². The summed E-state index contributed by atoms with van der Waals surface area (Å²) in [6.07, 6.45) is 3.59. The number of ether oxygens (including phenoxy) is 1. The second kappa shape index (κ2) is 12.5. The fourth-order valence-corrected chi connectivity index (χ4v) is 4.69. The molecular weight excluding hydrogens is 474 g/mol. The molecule has 0 unspecified atom stereocenters. The van der Waals surface area contributed by atoms with Crippen LogP contribution in [0.1, 0.15) is 50.0 Å². The number of benzene rings is 3. The lowest BCUT2D eigenvalue weighted by atomic mass is 10.1. The molecule has 0 aliphatic rings. The zero-order chi connectivity index (χ0) is 27.1. The van der Waals surface area contributed by atoms with Gasteiger partial charge in [0.25, 0.3) is 5.91 Å². The van der Waals surface area contributed by atoms with Gasteiger partial charge in [-0.2, -0.15) is 0 Å². The standard InChI is InChI=1S/C31H37N5O2/c1-21(2)36(22(3)4)18-8-9-24-19-26(16-17-29(24)38-5)34-31(37)23-12-14-25(15-13-23)33-30-20-32-27-10-6-7-11-28(27)35-30/h6-7,10-17,19-22H,8-9,18H2,1-5H3,(H,33,35)(H,34,37). The molecule has 4 rings (SSSR count). The van der Waals surface area contributed by atoms with Gasteiger partial charge in [-0.1, -0.05) is 12.1 Å². The predicted octanol–water partition coefficient (Wildman–Crippen LogP) is 6.69. The van der Waals surface area contributed by atoms with Gasteiger partial charge in [-0.3, -0.25) is 14.7 Å². The highest BCUT2D eigenvalue weighted by atomic mass is 16.5. The minimum absolute atomic E-state index is 0.163. The van der Waals surface area contributed by atoms with Crippen molar-refractivity contribution in [1.29, 1.82) is 0 Å². The van der Waals surface area contributed by atoms with E-state index < -0.39 is 0 Å². The molecule has 0 atom stereocenters. The van der Waals surface area contributed by atoms with Crippen LogP contribution in [0, 0.1) is 0 Å². The van der Waals surface area contributed by atoms with E-state index >= 15 is 0 Å². The Kier molecular flexibility index (Phi) is 8.92. The van der Waals surface area contributed by atoms with Gasteiger partial charge in [0.2, 0.25) is 0 Å². The third-order valence-corrected chi connectivity index (χ3v) is 6.60. The summed E-state index contributed by atoms with van der Waals surface area (Å²) in [6, 6.07) is 21.9. The number of para-hydroxylation sites is 2. The van der Waals surface area contributed by atoms with Crippen LogP contribution in [-0.2, 0) is 6.42 Å². The normalized spacial score (nSPS) is 11.4. The highest BCUT2D eigenvalue weighted by Gasteiger charge is 2.14. The van der Waals surface area contributed by atoms with E-state index in [-0.39, 0.29) is 5.91 Å². The first-order valence-electron chi connectivity index (χ1n) is 13.2. The molecule has 0 spiro atoms. The van der Waals surface area contributed by atoms with Crippen molar-refractivity contribution < 1.29 is 9.53 Å². The van der Waals surface area contributed by atoms with Crippen LogP contribution in [0.25, 0.3) is 11.0 Å². The fourth-order valence-electron chi connectivity index (χ4n) is 4.69. The second-order valence-electron chi connectivity index (χ2n) is 9.96. The van der Waals surface area contributed by atoms with Crippen molar-refractivity contribution in [2.45, 2.75) is 52.6 Å². The van der Waals surface area contributed by atoms with E-state index in [2.05, 4.69) is 53.2 Å². The largest absolute Gasteiger partial charge is 0.496 e. The summed E-state index contributed by atoms with van der Waals surface area (Å²) in [7, 11) is 1.69. The van der Waals surface area contributed by atoms with Crippen molar-refractivity contribution in [2.75, 3.05) is 24.3 Å². The van der Waals surface area contributed by atoms with E-state index in [0.717, 1.165) is 53.1 Å². The number of nitrogens with zero attached hydrogens (tertiary/aromatic N) is 3. The van der Waals surface area contributed by atoms with E-state index in [1.54, 1.807) is 25.4 Å². The number of hydrogen-bond donors (Lipinski definition) is 2. The van der Waals surface area contributed by atoms with Crippen LogP contribution in [0.2, 0.25) is 0 Å². The van der Waals surface area contributed by atoms with Crippen molar-refractivity contribution in [3.05, 3.63) is 84.1 Å². The number of aromatic nitrogens is 2. The first kappa shape index (κ1) is 27.1. The number of nitrogens with one attached hydrogen (secondary N) is 2. The number of carbonyl (C=O) groups is 1. The average Bonchev–Trinajstić information content (AvgIpc) is 2.91. The van der Waals surface area contributed by atoms with Gasteiger partial charge in [0.15, 0.2) is 0 Å². The zero-order valence-corrected chi connectivity index (χ0v) is 22.9. The van der Waals surface area contributed by atoms with E-state index in [1.807, 2.05) is 54.6 Å². The van der Waals surface area contributed by atoms with Crippen molar-refractivity contribution >= 4 is 34.1 Å². The van der Waals surface area contributed by atoms with Gasteiger partial charge in [-0.05, 0) is 107 Å². The van der Waals surface area contributed by atoms with Crippen LogP contribution >= 0.6 is 0 Å². The van der Waals surface area contributed by atoms with Gasteiger partial charge in [-0.25, -0.2) is 4.98 Å². The Labute approximate surface area is 225 Å². The van der Waals surface area contributed by atoms with Gasteiger partial charge in [0, 0.05) is 29.0 Å². The van der Waals surface area contributed by atoms with Gasteiger partial charge in [0.05, 0.1) is 24.3 Å². The molecule has 0 bridgehead atoms. The maximum atomic E-state index is 13.0. The molecule has 198 valence electrons. The number of carbonyl (C=O) groups excluding carboxylic acids is 1. The molecular formula is C31H37N5O2. The number of anilines is 3. The van der Waals surface area contributed by atoms with Crippen molar-refractivity contribution in [2.24, 2.45) is 0 Å². The average molecular weight is 512 g/mol. The Balaban J connectivity index is 1.38. The molecule has 0 fully saturated rings. The molecule has 0 aliphatic heterocycles. The summed E-state index contributed by atoms with van der Waals surface area (Å²) in [4.78, 5) is 24.5. The lowest BCUT2D eigenvalue weighted by Crippen LogP contribution is -2.37. The van der Waals surface area contributed by atoms with Crippen LogP contribution in [0.5, 0.6) is 5.75 Å². The van der Waals surface area contributed by atoms with Crippen molar-refractivity contribution in [3.63, 3.8) is 0 Å². The first-order chi connectivity index (χ1) is 18.3. The molecule has 4 aromatic rings. The van der Waals surface area contributed by atoms with Crippen LogP contribution < -0.4 is 15.4 Å². The first-order valence-corrected chi connectivity index (χ1v) is 13.2. The summed E-state index contributed by atoms with van der Waals surface area (Å²) in [5.74, 6) is 1.33. The lowest BCUT2D eigenvalue weighted by molar-refractivity contribution is 0.102. The third-order valence-electron chi connectivity index (χ3n) is 6.60. The maximum Gasteiger partial charge on any atom is 0.255 e. The quantitative estimate of drug-likeness (QED) is 0.234. The number of amides is 1. The summed E-state index contributed by atoms with van der Waals surface area (Å²) in [6.45, 7) is 9.95. The SMILES string of the molecule is COc1ccc(NC(=O)c2ccc(Nc3cnc4ccccc4n3)cc2)cc1CCCN(C(C)C)C(C)C. The van der Waals surface area contributed by atoms with E-state index in [0.29, 0.717) is 23.5 Å². The molecule has 0 aliphatic carbocycles. The molecule has 7 heteroatoms. The highest BCUT2D eigenvalue weighted by Crippen LogP contribution is 2.25. The van der Waals surface area contributed by atoms with Crippen LogP contribution in [0.3, 0.4) is 0 Å². The number of fused-ring (bicyclic) bond motifs is 1. The van der Waals surface area contributed by atoms with E-state index in [1.165, 1.54) is 0 Å². The fraction of sp³-hybridized carbons (Fsp3) is 0.323. The number of hydrogen-bond acceptors (Lipinski definition) is 6. The summed E-state index contributed by atoms with van der Waals surface area (Å²) in [5, 5.41) is 6.28. The van der Waals surface area contributed by atoms with Crippen LogP contribution in [0.4, 0.5) is 17.2 Å². The van der Waals surface area contributed by atoms with Gasteiger partial charge in [0.1, 0.15) is 11.6 Å². The molecule has 0 saturated carbocycles. The van der Waals surface area contributed by atoms with Gasteiger partial charge >= 0.3 is 0 Å². The van der Waals surface area contributed by atoms with Crippen LogP contribution in [0.15, 0.2) is 72.9 Å². The minimum Gasteiger partial charge on any atom is -0.496 e. The Morgan fingerprint density at radius 3 is 2.29 bits per heavy atom. The second-order valence-corrected chi connectivity index (χ2v) is 9.96. The number of rotatable bonds is 11. The number of methoxy groups -OCH3 is 1. The molecule has 1 heterocycles. The summed E-state index contributed by atoms with van der Waals surface area (Å²) < 4.78 is 5.59. The monoisotopic (exact) mass is 511 g/mol. The summed E-state index contributed by atoms with van der Waals surface area (Å²) in [5.41, 5.74) is 4.92. The molecule has 1 amide bonds. The summed E-state index contributed by atoms with van der Waals surface area (Å²) >= 11 is 0. The molecule has 7 nitrogen and oxygen atoms in total. The Bertz CT molecular complexity index is 1360. The van der Waals surface area contributed by atoms with E-state index in [9.17, 15) is 4.79 Å². The molecule has 38 heavy (non-hydrogen) atoms. The smallest absolute Gasteiger partial charge is 0.255 e. The van der Waals surface area contributed by atoms with E-state index in [4.69, 9.17) is 4.74 Å². The molecule has 3 aromatic carbocycles. The minimum atomic E-state index is -0.163. The predicted molar refractivity (Wildman–Crippen MR) is 156 cm³/mol. The molecule has 0 saturated heterocycles. The lowest BCUT2D eigenvalue weighted by Gasteiger charge is -2.30. The maximum absolute atomic E-state index is 13.0. The third kappa shape index (κ3) is 6.86. The number of aryl methyl sites for hydroxylation is 1. The van der Waals surface area contributed by atoms with Gasteiger partial charge in [-0.15, -0.1) is 0 Å². The van der Waals surface area contributed by atoms with Crippen molar-refractivity contribution in [1.82, 2.24) is 14.9 Å². The Hall–Kier alpha value is -3.97. The molecule has 0 radical (unpaired) electrons. The zero-order valence-electron chi connectivity index (χ0n) is 22.9. The molecule has 1 aromatic heterocycles. The van der Waals surface area contributed by atoms with Crippen LogP contribution in [-0.4, -0.2) is 46.5 Å².